The van der Waals surface area contributed by atoms with E-state index < -0.39 is 5.97 Å². The summed E-state index contributed by atoms with van der Waals surface area (Å²) >= 11 is 0. The maximum atomic E-state index is 11.9. The Morgan fingerprint density at radius 3 is 2.90 bits per heavy atom. The lowest BCUT2D eigenvalue weighted by Crippen LogP contribution is -2.05. The predicted molar refractivity (Wildman–Crippen MR) is 71.6 cm³/mol. The van der Waals surface area contributed by atoms with Crippen LogP contribution in [0.2, 0.25) is 0 Å². The fourth-order valence-electron chi connectivity index (χ4n) is 1.98. The monoisotopic (exact) mass is 270 g/mol. The summed E-state index contributed by atoms with van der Waals surface area (Å²) in [4.78, 5) is 37.0. The maximum absolute atomic E-state index is 11.9. The van der Waals surface area contributed by atoms with E-state index in [1.807, 2.05) is 0 Å². The quantitative estimate of drug-likeness (QED) is 0.650. The van der Waals surface area contributed by atoms with Gasteiger partial charge >= 0.3 is 5.97 Å². The molecular formula is C13H10N4O3. The maximum Gasteiger partial charge on any atom is 0.338 e. The van der Waals surface area contributed by atoms with Crippen molar-refractivity contribution >= 4 is 17.1 Å². The Balaban J connectivity index is 2.26. The second-order valence-electron chi connectivity index (χ2n) is 4.34. The molecule has 0 bridgehead atoms. The molecular weight excluding hydrogens is 260 g/mol. The van der Waals surface area contributed by atoms with E-state index in [1.54, 1.807) is 6.92 Å². The molecule has 7 nitrogen and oxygen atoms in total. The summed E-state index contributed by atoms with van der Waals surface area (Å²) in [5.41, 5.74) is 1.51. The number of aromatic carboxylic acids is 1. The Bertz CT molecular complexity index is 879. The van der Waals surface area contributed by atoms with E-state index >= 15 is 0 Å². The minimum absolute atomic E-state index is 0.0669. The van der Waals surface area contributed by atoms with Gasteiger partial charge in [0, 0.05) is 24.2 Å². The van der Waals surface area contributed by atoms with Crippen molar-refractivity contribution in [3.8, 4) is 11.4 Å². The van der Waals surface area contributed by atoms with Crippen molar-refractivity contribution in [1.82, 2.24) is 19.9 Å². The lowest BCUT2D eigenvalue weighted by Gasteiger charge is -1.97. The number of pyridine rings is 2. The Kier molecular flexibility index (Phi) is 2.60. The molecule has 3 rings (SSSR count). The number of hydrogen-bond donors (Lipinski definition) is 3. The molecule has 0 aromatic carbocycles. The van der Waals surface area contributed by atoms with Crippen LogP contribution >= 0.6 is 0 Å². The van der Waals surface area contributed by atoms with Crippen LogP contribution in [0.25, 0.3) is 22.6 Å². The molecule has 0 aliphatic carbocycles. The molecule has 0 aliphatic heterocycles. The SMILES string of the molecule is Cc1cc(=O)c(-c2nc3nccc(C(=O)O)c3[nH]2)c[nH]1. The van der Waals surface area contributed by atoms with Gasteiger partial charge in [0.2, 0.25) is 0 Å². The standard InChI is InChI=1S/C13H10N4O3/c1-6-4-9(18)8(5-15-6)11-16-10-7(13(19)20)2-3-14-12(10)17-11/h2-5H,1H3,(H,15,18)(H,19,20)(H,14,16,17). The van der Waals surface area contributed by atoms with Crippen LogP contribution in [-0.4, -0.2) is 31.0 Å². The van der Waals surface area contributed by atoms with Crippen LogP contribution in [0.4, 0.5) is 0 Å². The smallest absolute Gasteiger partial charge is 0.338 e. The average molecular weight is 270 g/mol. The molecule has 0 atom stereocenters. The predicted octanol–water partition coefficient (Wildman–Crippen LogP) is 1.32. The normalized spacial score (nSPS) is 10.8. The molecule has 0 saturated carbocycles. The van der Waals surface area contributed by atoms with E-state index in [4.69, 9.17) is 5.11 Å². The number of aryl methyl sites for hydroxylation is 1. The molecule has 3 aromatic rings. The van der Waals surface area contributed by atoms with Gasteiger partial charge in [0.05, 0.1) is 16.6 Å². The van der Waals surface area contributed by atoms with E-state index in [2.05, 4.69) is 19.9 Å². The summed E-state index contributed by atoms with van der Waals surface area (Å²) in [6, 6.07) is 2.83. The summed E-state index contributed by atoms with van der Waals surface area (Å²) < 4.78 is 0. The first kappa shape index (κ1) is 12.1. The van der Waals surface area contributed by atoms with Gasteiger partial charge in [-0.15, -0.1) is 0 Å². The van der Waals surface area contributed by atoms with Crippen molar-refractivity contribution in [1.29, 1.82) is 0 Å². The van der Waals surface area contributed by atoms with E-state index in [1.165, 1.54) is 24.5 Å². The van der Waals surface area contributed by atoms with Gasteiger partial charge in [-0.25, -0.2) is 14.8 Å². The highest BCUT2D eigenvalue weighted by atomic mass is 16.4. The van der Waals surface area contributed by atoms with Gasteiger partial charge in [0.25, 0.3) is 0 Å². The van der Waals surface area contributed by atoms with Crippen molar-refractivity contribution in [2.75, 3.05) is 0 Å². The number of rotatable bonds is 2. The molecule has 3 heterocycles. The second-order valence-corrected chi connectivity index (χ2v) is 4.34. The summed E-state index contributed by atoms with van der Waals surface area (Å²) in [6.45, 7) is 1.77. The highest BCUT2D eigenvalue weighted by molar-refractivity contribution is 6.00. The lowest BCUT2D eigenvalue weighted by atomic mass is 10.2. The van der Waals surface area contributed by atoms with Crippen LogP contribution in [0.5, 0.6) is 0 Å². The highest BCUT2D eigenvalue weighted by Crippen LogP contribution is 2.19. The molecule has 3 N–H and O–H groups in total. The zero-order valence-electron chi connectivity index (χ0n) is 10.5. The third kappa shape index (κ3) is 1.85. The van der Waals surface area contributed by atoms with Crippen molar-refractivity contribution < 1.29 is 9.90 Å². The van der Waals surface area contributed by atoms with Crippen LogP contribution in [-0.2, 0) is 0 Å². The first-order valence-corrected chi connectivity index (χ1v) is 5.84. The zero-order valence-corrected chi connectivity index (χ0v) is 10.5. The summed E-state index contributed by atoms with van der Waals surface area (Å²) in [7, 11) is 0. The molecule has 0 saturated heterocycles. The van der Waals surface area contributed by atoms with Crippen LogP contribution in [0.15, 0.2) is 29.3 Å². The highest BCUT2D eigenvalue weighted by Gasteiger charge is 2.15. The van der Waals surface area contributed by atoms with E-state index in [-0.39, 0.29) is 16.6 Å². The largest absolute Gasteiger partial charge is 0.478 e. The number of nitrogens with one attached hydrogen (secondary N) is 2. The Morgan fingerprint density at radius 2 is 2.20 bits per heavy atom. The Hall–Kier alpha value is -2.96. The molecule has 0 spiro atoms. The van der Waals surface area contributed by atoms with Crippen LogP contribution in [0.3, 0.4) is 0 Å². The molecule has 0 amide bonds. The van der Waals surface area contributed by atoms with Gasteiger partial charge in [0.15, 0.2) is 11.1 Å². The summed E-state index contributed by atoms with van der Waals surface area (Å²) in [5.74, 6) is -0.784. The molecule has 7 heteroatoms. The molecule has 20 heavy (non-hydrogen) atoms. The van der Waals surface area contributed by atoms with Crippen molar-refractivity contribution in [3.05, 3.63) is 46.0 Å². The molecule has 0 radical (unpaired) electrons. The van der Waals surface area contributed by atoms with Crippen LogP contribution in [0.1, 0.15) is 16.1 Å². The van der Waals surface area contributed by atoms with Crippen molar-refractivity contribution in [2.45, 2.75) is 6.92 Å². The van der Waals surface area contributed by atoms with E-state index in [0.717, 1.165) is 5.69 Å². The summed E-state index contributed by atoms with van der Waals surface area (Å²) in [5, 5.41) is 9.11. The van der Waals surface area contributed by atoms with Gasteiger partial charge in [-0.05, 0) is 13.0 Å². The van der Waals surface area contributed by atoms with Gasteiger partial charge < -0.3 is 15.1 Å². The Morgan fingerprint density at radius 1 is 1.40 bits per heavy atom. The molecule has 0 aliphatic rings. The van der Waals surface area contributed by atoms with E-state index in [0.29, 0.717) is 16.9 Å². The number of nitrogens with zero attached hydrogens (tertiary/aromatic N) is 2. The Labute approximate surface area is 112 Å². The fraction of sp³-hybridized carbons (Fsp3) is 0.0769. The number of carbonyl (C=O) groups is 1. The number of fused-ring (bicyclic) bond motifs is 1. The topological polar surface area (TPSA) is 112 Å². The second kappa shape index (κ2) is 4.30. The van der Waals surface area contributed by atoms with Crippen LogP contribution in [0, 0.1) is 6.92 Å². The minimum Gasteiger partial charge on any atom is -0.478 e. The average Bonchev–Trinajstić information content (AvgIpc) is 2.81. The fourth-order valence-corrected chi connectivity index (χ4v) is 1.98. The zero-order chi connectivity index (χ0) is 14.3. The third-order valence-corrected chi connectivity index (χ3v) is 2.93. The number of hydrogen-bond acceptors (Lipinski definition) is 4. The van der Waals surface area contributed by atoms with E-state index in [9.17, 15) is 9.59 Å². The number of carboxylic acids is 1. The lowest BCUT2D eigenvalue weighted by molar-refractivity contribution is 0.0698. The van der Waals surface area contributed by atoms with Gasteiger partial charge in [-0.1, -0.05) is 0 Å². The van der Waals surface area contributed by atoms with Crippen molar-refractivity contribution in [3.63, 3.8) is 0 Å². The summed E-state index contributed by atoms with van der Waals surface area (Å²) in [6.07, 6.45) is 2.91. The molecule has 0 fully saturated rings. The van der Waals surface area contributed by atoms with Gasteiger partial charge in [-0.2, -0.15) is 0 Å². The number of aromatic nitrogens is 4. The number of aromatic amines is 2. The molecule has 0 unspecified atom stereocenters. The number of imidazole rings is 1. The van der Waals surface area contributed by atoms with Gasteiger partial charge in [-0.3, -0.25) is 4.79 Å². The van der Waals surface area contributed by atoms with Crippen molar-refractivity contribution in [2.24, 2.45) is 0 Å². The minimum atomic E-state index is -1.08. The number of H-pyrrole nitrogens is 2. The first-order valence-electron chi connectivity index (χ1n) is 5.84. The third-order valence-electron chi connectivity index (χ3n) is 2.93. The van der Waals surface area contributed by atoms with Crippen LogP contribution < -0.4 is 5.43 Å². The van der Waals surface area contributed by atoms with Gasteiger partial charge in [0.1, 0.15) is 5.82 Å². The first-order chi connectivity index (χ1) is 9.56. The molecule has 3 aromatic heterocycles. The molecule has 100 valence electrons. The number of carboxylic acid groups (broad SMARTS) is 1.